The summed E-state index contributed by atoms with van der Waals surface area (Å²) in [6.45, 7) is 3.46. The molecule has 23 heavy (non-hydrogen) atoms. The van der Waals surface area contributed by atoms with Gasteiger partial charge in [-0.1, -0.05) is 0 Å². The van der Waals surface area contributed by atoms with Crippen LogP contribution in [0.4, 0.5) is 0 Å². The monoisotopic (exact) mass is 332 g/mol. The Morgan fingerprint density at radius 3 is 2.13 bits per heavy atom. The SMILES string of the molecule is CC(=O)OC[C@@H]1C[C@H](OC(C)=O)[C@H](OC(C)=O)[C@@H](CC(=O)O)O1. The Labute approximate surface area is 132 Å². The zero-order valence-corrected chi connectivity index (χ0v) is 13.1. The summed E-state index contributed by atoms with van der Waals surface area (Å²) >= 11 is 0. The average Bonchev–Trinajstić information content (AvgIpc) is 2.38. The highest BCUT2D eigenvalue weighted by atomic mass is 16.6. The molecule has 0 amide bonds. The normalized spacial score (nSPS) is 26.9. The predicted octanol–water partition coefficient (Wildman–Crippen LogP) is 0.0451. The summed E-state index contributed by atoms with van der Waals surface area (Å²) in [5.41, 5.74) is 0. The van der Waals surface area contributed by atoms with Gasteiger partial charge in [-0.15, -0.1) is 0 Å². The first-order valence-electron chi connectivity index (χ1n) is 7.04. The minimum atomic E-state index is -1.16. The number of aliphatic carboxylic acids is 1. The van der Waals surface area contributed by atoms with Gasteiger partial charge in [-0.05, 0) is 0 Å². The largest absolute Gasteiger partial charge is 0.481 e. The fourth-order valence-corrected chi connectivity index (χ4v) is 2.34. The Morgan fingerprint density at radius 2 is 1.65 bits per heavy atom. The van der Waals surface area contributed by atoms with Gasteiger partial charge < -0.3 is 24.1 Å². The van der Waals surface area contributed by atoms with Crippen molar-refractivity contribution in [2.75, 3.05) is 6.61 Å². The third-order valence-corrected chi connectivity index (χ3v) is 3.06. The van der Waals surface area contributed by atoms with Crippen LogP contribution in [-0.2, 0) is 38.1 Å². The van der Waals surface area contributed by atoms with Crippen molar-refractivity contribution in [2.45, 2.75) is 58.0 Å². The van der Waals surface area contributed by atoms with Crippen molar-refractivity contribution in [3.8, 4) is 0 Å². The van der Waals surface area contributed by atoms with Crippen LogP contribution in [0.25, 0.3) is 0 Å². The van der Waals surface area contributed by atoms with E-state index in [1.807, 2.05) is 0 Å². The third-order valence-electron chi connectivity index (χ3n) is 3.06. The maximum Gasteiger partial charge on any atom is 0.306 e. The molecule has 9 heteroatoms. The van der Waals surface area contributed by atoms with E-state index in [1.165, 1.54) is 13.8 Å². The second kappa shape index (κ2) is 8.47. The molecule has 0 saturated carbocycles. The molecule has 9 nitrogen and oxygen atoms in total. The van der Waals surface area contributed by atoms with E-state index in [1.54, 1.807) is 0 Å². The van der Waals surface area contributed by atoms with Crippen LogP contribution in [0, 0.1) is 0 Å². The Kier molecular flexibility index (Phi) is 6.95. The maximum atomic E-state index is 11.2. The molecule has 0 aromatic heterocycles. The maximum absolute atomic E-state index is 11.2. The molecule has 0 aromatic rings. The Hall–Kier alpha value is -2.16. The van der Waals surface area contributed by atoms with Crippen LogP contribution in [0.5, 0.6) is 0 Å². The smallest absolute Gasteiger partial charge is 0.306 e. The molecule has 0 radical (unpaired) electrons. The molecule has 1 fully saturated rings. The van der Waals surface area contributed by atoms with Crippen LogP contribution >= 0.6 is 0 Å². The number of carboxylic acid groups (broad SMARTS) is 1. The summed E-state index contributed by atoms with van der Waals surface area (Å²) in [6, 6.07) is 0. The van der Waals surface area contributed by atoms with Crippen molar-refractivity contribution < 1.29 is 43.2 Å². The Morgan fingerprint density at radius 1 is 1.04 bits per heavy atom. The number of rotatable bonds is 6. The lowest BCUT2D eigenvalue weighted by molar-refractivity contribution is -0.214. The molecular formula is C14H20O9. The van der Waals surface area contributed by atoms with Gasteiger partial charge in [-0.25, -0.2) is 0 Å². The van der Waals surface area contributed by atoms with E-state index < -0.39 is 54.7 Å². The lowest BCUT2D eigenvalue weighted by atomic mass is 9.95. The summed E-state index contributed by atoms with van der Waals surface area (Å²) in [6.07, 6.45) is -3.95. The highest BCUT2D eigenvalue weighted by Crippen LogP contribution is 2.28. The summed E-state index contributed by atoms with van der Waals surface area (Å²) < 4.78 is 20.6. The highest BCUT2D eigenvalue weighted by molar-refractivity contribution is 5.69. The fraction of sp³-hybridized carbons (Fsp3) is 0.714. The van der Waals surface area contributed by atoms with Crippen molar-refractivity contribution >= 4 is 23.9 Å². The predicted molar refractivity (Wildman–Crippen MR) is 73.3 cm³/mol. The third kappa shape index (κ3) is 6.64. The van der Waals surface area contributed by atoms with Crippen LogP contribution in [-0.4, -0.2) is 60.0 Å². The van der Waals surface area contributed by atoms with Gasteiger partial charge in [-0.3, -0.25) is 19.2 Å². The van der Waals surface area contributed by atoms with Crippen LogP contribution in [0.15, 0.2) is 0 Å². The summed E-state index contributed by atoms with van der Waals surface area (Å²) in [7, 11) is 0. The van der Waals surface area contributed by atoms with Gasteiger partial charge in [0.15, 0.2) is 6.10 Å². The van der Waals surface area contributed by atoms with Gasteiger partial charge in [0, 0.05) is 27.2 Å². The molecule has 130 valence electrons. The van der Waals surface area contributed by atoms with E-state index >= 15 is 0 Å². The van der Waals surface area contributed by atoms with Crippen molar-refractivity contribution in [3.63, 3.8) is 0 Å². The number of carbonyl (C=O) groups is 4. The molecule has 0 spiro atoms. The molecule has 1 rings (SSSR count). The van der Waals surface area contributed by atoms with Gasteiger partial charge in [-0.2, -0.15) is 0 Å². The molecule has 4 atom stereocenters. The lowest BCUT2D eigenvalue weighted by Crippen LogP contribution is -2.53. The van der Waals surface area contributed by atoms with E-state index in [0.29, 0.717) is 0 Å². The molecule has 0 unspecified atom stereocenters. The van der Waals surface area contributed by atoms with Crippen molar-refractivity contribution in [3.05, 3.63) is 0 Å². The molecule has 1 saturated heterocycles. The van der Waals surface area contributed by atoms with E-state index in [2.05, 4.69) is 0 Å². The summed E-state index contributed by atoms with van der Waals surface area (Å²) in [5, 5.41) is 8.98. The number of ether oxygens (including phenoxy) is 4. The van der Waals surface area contributed by atoms with Gasteiger partial charge in [0.05, 0.1) is 12.5 Å². The molecule has 1 aliphatic heterocycles. The molecule has 1 N–H and O–H groups in total. The van der Waals surface area contributed by atoms with Gasteiger partial charge in [0.25, 0.3) is 0 Å². The minimum Gasteiger partial charge on any atom is -0.481 e. The molecule has 1 aliphatic rings. The number of esters is 3. The fourth-order valence-electron chi connectivity index (χ4n) is 2.34. The Balaban J connectivity index is 2.92. The quantitative estimate of drug-likeness (QED) is 0.530. The first kappa shape index (κ1) is 18.9. The van der Waals surface area contributed by atoms with Crippen molar-refractivity contribution in [1.82, 2.24) is 0 Å². The number of carboxylic acids is 1. The molecular weight excluding hydrogens is 312 g/mol. The minimum absolute atomic E-state index is 0.112. The van der Waals surface area contributed by atoms with Crippen LogP contribution in [0.2, 0.25) is 0 Å². The van der Waals surface area contributed by atoms with Gasteiger partial charge in [0.2, 0.25) is 0 Å². The van der Waals surface area contributed by atoms with Crippen LogP contribution in [0.1, 0.15) is 33.6 Å². The summed E-state index contributed by atoms with van der Waals surface area (Å²) in [4.78, 5) is 44.4. The van der Waals surface area contributed by atoms with E-state index in [-0.39, 0.29) is 13.0 Å². The van der Waals surface area contributed by atoms with Crippen LogP contribution in [0.3, 0.4) is 0 Å². The Bertz CT molecular complexity index is 447. The highest BCUT2D eigenvalue weighted by Gasteiger charge is 2.44. The summed E-state index contributed by atoms with van der Waals surface area (Å²) in [5.74, 6) is -2.93. The molecule has 0 aliphatic carbocycles. The zero-order chi connectivity index (χ0) is 17.6. The van der Waals surface area contributed by atoms with E-state index in [4.69, 9.17) is 24.1 Å². The van der Waals surface area contributed by atoms with E-state index in [9.17, 15) is 19.2 Å². The van der Waals surface area contributed by atoms with Crippen molar-refractivity contribution in [2.24, 2.45) is 0 Å². The number of hydrogen-bond donors (Lipinski definition) is 1. The van der Waals surface area contributed by atoms with Gasteiger partial charge >= 0.3 is 23.9 Å². The first-order valence-corrected chi connectivity index (χ1v) is 7.04. The van der Waals surface area contributed by atoms with Crippen molar-refractivity contribution in [1.29, 1.82) is 0 Å². The number of carbonyl (C=O) groups excluding carboxylic acids is 3. The average molecular weight is 332 g/mol. The standard InChI is InChI=1S/C14H20O9/c1-7(15)20-6-10-4-11(21-8(2)16)14(22-9(3)17)12(23-10)5-13(18)19/h10-12,14H,4-6H2,1-3H3,(H,18,19)/t10-,11-,12+,14-/m0/s1. The zero-order valence-electron chi connectivity index (χ0n) is 13.1. The first-order chi connectivity index (χ1) is 10.7. The second-order valence-corrected chi connectivity index (χ2v) is 5.15. The lowest BCUT2D eigenvalue weighted by Gasteiger charge is -2.39. The second-order valence-electron chi connectivity index (χ2n) is 5.15. The van der Waals surface area contributed by atoms with Gasteiger partial charge in [0.1, 0.15) is 18.8 Å². The van der Waals surface area contributed by atoms with Crippen LogP contribution < -0.4 is 0 Å². The van der Waals surface area contributed by atoms with E-state index in [0.717, 1.165) is 6.92 Å². The molecule has 0 bridgehead atoms. The molecule has 0 aromatic carbocycles. The molecule has 1 heterocycles. The number of hydrogen-bond acceptors (Lipinski definition) is 8. The topological polar surface area (TPSA) is 125 Å².